The molecule has 176 valence electrons. The molecule has 1 aromatic carbocycles. The van der Waals surface area contributed by atoms with Crippen LogP contribution in [0, 0.1) is 18.7 Å². The molecule has 2 saturated heterocycles. The van der Waals surface area contributed by atoms with E-state index in [4.69, 9.17) is 9.72 Å². The van der Waals surface area contributed by atoms with Gasteiger partial charge in [-0.1, -0.05) is 0 Å². The van der Waals surface area contributed by atoms with Crippen LogP contribution in [0.25, 0.3) is 22.3 Å². The fourth-order valence-corrected chi connectivity index (χ4v) is 5.21. The quantitative estimate of drug-likeness (QED) is 0.619. The molecule has 0 radical (unpaired) electrons. The monoisotopic (exact) mass is 453 g/mol. The highest BCUT2D eigenvalue weighted by atomic mass is 19.1. The van der Waals surface area contributed by atoms with Crippen molar-refractivity contribution in [2.24, 2.45) is 5.92 Å². The van der Waals surface area contributed by atoms with Crippen molar-refractivity contribution in [1.82, 2.24) is 20.1 Å². The van der Waals surface area contributed by atoms with Crippen LogP contribution in [0.15, 0.2) is 24.3 Å². The Morgan fingerprint density at radius 1 is 1.15 bits per heavy atom. The third-order valence-electron chi connectivity index (χ3n) is 7.18. The molecule has 2 atom stereocenters. The number of nitrogens with one attached hydrogen (secondary N) is 1. The summed E-state index contributed by atoms with van der Waals surface area (Å²) in [6.45, 7) is 11.1. The second-order valence-electron chi connectivity index (χ2n) is 9.60. The van der Waals surface area contributed by atoms with Crippen LogP contribution >= 0.6 is 0 Å². The van der Waals surface area contributed by atoms with Crippen LogP contribution in [0.1, 0.15) is 32.4 Å². The average molecular weight is 454 g/mol. The molecule has 0 bridgehead atoms. The van der Waals surface area contributed by atoms with Gasteiger partial charge in [0.15, 0.2) is 5.65 Å². The number of fused-ring (bicyclic) bond motifs is 1. The van der Waals surface area contributed by atoms with E-state index < -0.39 is 5.82 Å². The molecule has 0 spiro atoms. The third-order valence-corrected chi connectivity index (χ3v) is 7.18. The first-order chi connectivity index (χ1) is 15.9. The number of ether oxygens (including phenoxy) is 1. The van der Waals surface area contributed by atoms with E-state index in [9.17, 15) is 9.50 Å². The molecule has 33 heavy (non-hydrogen) atoms. The summed E-state index contributed by atoms with van der Waals surface area (Å²) in [4.78, 5) is 9.71. The molecule has 5 rings (SSSR count). The van der Waals surface area contributed by atoms with Gasteiger partial charge in [-0.05, 0) is 57.7 Å². The lowest BCUT2D eigenvalue weighted by Crippen LogP contribution is -2.57. The van der Waals surface area contributed by atoms with Gasteiger partial charge in [0.25, 0.3) is 0 Å². The van der Waals surface area contributed by atoms with Crippen molar-refractivity contribution in [3.8, 4) is 17.0 Å². The van der Waals surface area contributed by atoms with Crippen LogP contribution in [-0.4, -0.2) is 70.1 Å². The largest absolute Gasteiger partial charge is 0.508 e. The van der Waals surface area contributed by atoms with Crippen LogP contribution in [0.4, 0.5) is 10.1 Å². The van der Waals surface area contributed by atoms with Gasteiger partial charge < -0.3 is 14.7 Å². The van der Waals surface area contributed by atoms with Gasteiger partial charge in [-0.3, -0.25) is 10.00 Å². The number of nitrogens with zero attached hydrogens (tertiary/aromatic N) is 4. The SMILES string of the molecule is Cc1[nH]nc2nc(-c3ccc(O)cc3F)c(N3C[C@@H](C)N(CC4CCOCC4)C[C@@H]3C)cc12. The number of piperazine rings is 1. The summed E-state index contributed by atoms with van der Waals surface area (Å²) >= 11 is 0. The number of rotatable bonds is 4. The van der Waals surface area contributed by atoms with Gasteiger partial charge in [-0.15, -0.1) is 0 Å². The van der Waals surface area contributed by atoms with Crippen molar-refractivity contribution in [3.05, 3.63) is 35.8 Å². The van der Waals surface area contributed by atoms with Gasteiger partial charge in [0.1, 0.15) is 11.6 Å². The molecule has 2 aliphatic rings. The second-order valence-corrected chi connectivity index (χ2v) is 9.60. The smallest absolute Gasteiger partial charge is 0.181 e. The number of phenolic OH excluding ortho intramolecular Hbond substituents is 1. The third kappa shape index (κ3) is 4.29. The van der Waals surface area contributed by atoms with Crippen molar-refractivity contribution in [1.29, 1.82) is 0 Å². The van der Waals surface area contributed by atoms with Gasteiger partial charge in [-0.25, -0.2) is 9.37 Å². The lowest BCUT2D eigenvalue weighted by molar-refractivity contribution is 0.0419. The van der Waals surface area contributed by atoms with Crippen molar-refractivity contribution >= 4 is 16.7 Å². The standard InChI is InChI=1S/C25H32FN5O2/c1-15-13-31(16(2)12-30(15)14-18-6-8-33-9-7-18)23-11-21-17(3)28-29-25(21)27-24(23)20-5-4-19(32)10-22(20)26/h4-5,10-11,15-16,18,32H,6-9,12-14H2,1-3H3,(H,27,28,29)/t15-,16+/m1/s1. The van der Waals surface area contributed by atoms with E-state index in [0.717, 1.165) is 68.5 Å². The zero-order valence-corrected chi connectivity index (χ0v) is 19.5. The Labute approximate surface area is 193 Å². The molecule has 0 unspecified atom stereocenters. The van der Waals surface area contributed by atoms with Gasteiger partial charge in [-0.2, -0.15) is 5.10 Å². The summed E-state index contributed by atoms with van der Waals surface area (Å²) in [6, 6.07) is 6.92. The predicted octanol–water partition coefficient (Wildman–Crippen LogP) is 4.10. The Morgan fingerprint density at radius 3 is 2.70 bits per heavy atom. The highest BCUT2D eigenvalue weighted by Gasteiger charge is 2.33. The maximum absolute atomic E-state index is 14.9. The summed E-state index contributed by atoms with van der Waals surface area (Å²) < 4.78 is 20.5. The number of halogens is 1. The molecule has 7 nitrogen and oxygen atoms in total. The summed E-state index contributed by atoms with van der Waals surface area (Å²) in [5, 5.41) is 18.0. The average Bonchev–Trinajstić information content (AvgIpc) is 3.16. The van der Waals surface area contributed by atoms with E-state index in [0.29, 0.717) is 28.9 Å². The number of benzene rings is 1. The van der Waals surface area contributed by atoms with Crippen LogP contribution < -0.4 is 4.90 Å². The van der Waals surface area contributed by atoms with E-state index in [2.05, 4.69) is 39.9 Å². The van der Waals surface area contributed by atoms with Crippen LogP contribution in [0.5, 0.6) is 5.75 Å². The number of pyridine rings is 1. The molecule has 0 aliphatic carbocycles. The van der Waals surface area contributed by atoms with E-state index >= 15 is 0 Å². The van der Waals surface area contributed by atoms with E-state index in [1.165, 1.54) is 6.07 Å². The minimum atomic E-state index is -0.491. The number of anilines is 1. The molecule has 4 heterocycles. The first-order valence-corrected chi connectivity index (χ1v) is 11.8. The number of phenols is 1. The predicted molar refractivity (Wildman–Crippen MR) is 127 cm³/mol. The number of hydrogen-bond acceptors (Lipinski definition) is 6. The molecule has 2 N–H and O–H groups in total. The minimum absolute atomic E-state index is 0.0989. The number of aromatic nitrogens is 3. The Morgan fingerprint density at radius 2 is 1.94 bits per heavy atom. The summed E-state index contributed by atoms with van der Waals surface area (Å²) in [5.74, 6) is 0.0978. The zero-order valence-electron chi connectivity index (χ0n) is 19.5. The minimum Gasteiger partial charge on any atom is -0.508 e. The molecule has 8 heteroatoms. The van der Waals surface area contributed by atoms with E-state index in [1.807, 2.05) is 6.92 Å². The number of aromatic hydroxyl groups is 1. The highest BCUT2D eigenvalue weighted by Crippen LogP contribution is 2.37. The number of aromatic amines is 1. The van der Waals surface area contributed by atoms with E-state index in [1.54, 1.807) is 6.07 Å². The lowest BCUT2D eigenvalue weighted by atomic mass is 9.97. The molecule has 2 fully saturated rings. The first-order valence-electron chi connectivity index (χ1n) is 11.8. The lowest BCUT2D eigenvalue weighted by Gasteiger charge is -2.47. The first kappa shape index (κ1) is 22.1. The number of aryl methyl sites for hydroxylation is 1. The van der Waals surface area contributed by atoms with Crippen molar-refractivity contribution < 1.29 is 14.2 Å². The summed E-state index contributed by atoms with van der Waals surface area (Å²) in [6.07, 6.45) is 2.26. The van der Waals surface area contributed by atoms with Crippen molar-refractivity contribution in [2.75, 3.05) is 37.7 Å². The van der Waals surface area contributed by atoms with Gasteiger partial charge >= 0.3 is 0 Å². The van der Waals surface area contributed by atoms with Gasteiger partial charge in [0, 0.05) is 67.6 Å². The summed E-state index contributed by atoms with van der Waals surface area (Å²) in [5.41, 5.74) is 3.34. The molecule has 0 saturated carbocycles. The molecule has 2 aliphatic heterocycles. The van der Waals surface area contributed by atoms with Gasteiger partial charge in [0.05, 0.1) is 11.4 Å². The molecular weight excluding hydrogens is 421 g/mol. The Kier molecular flexibility index (Phi) is 5.97. The fraction of sp³-hybridized carbons (Fsp3) is 0.520. The maximum Gasteiger partial charge on any atom is 0.181 e. The molecule has 2 aromatic heterocycles. The normalized spacial score (nSPS) is 22.8. The zero-order chi connectivity index (χ0) is 23.1. The molecule has 3 aromatic rings. The highest BCUT2D eigenvalue weighted by molar-refractivity contribution is 5.89. The van der Waals surface area contributed by atoms with Crippen molar-refractivity contribution in [3.63, 3.8) is 0 Å². The Balaban J connectivity index is 1.50. The van der Waals surface area contributed by atoms with Crippen LogP contribution in [-0.2, 0) is 4.74 Å². The molecule has 0 amide bonds. The topological polar surface area (TPSA) is 77.5 Å². The number of H-pyrrole nitrogens is 1. The molecular formula is C25H32FN5O2. The Hall–Kier alpha value is -2.71. The van der Waals surface area contributed by atoms with Crippen molar-refractivity contribution in [2.45, 2.75) is 45.7 Å². The summed E-state index contributed by atoms with van der Waals surface area (Å²) in [7, 11) is 0. The van der Waals surface area contributed by atoms with Crippen LogP contribution in [0.2, 0.25) is 0 Å². The van der Waals surface area contributed by atoms with Gasteiger partial charge in [0.2, 0.25) is 0 Å². The fourth-order valence-electron chi connectivity index (χ4n) is 5.21. The Bertz CT molecular complexity index is 1140. The van der Waals surface area contributed by atoms with Crippen LogP contribution in [0.3, 0.4) is 0 Å². The maximum atomic E-state index is 14.9. The number of hydrogen-bond donors (Lipinski definition) is 2. The van der Waals surface area contributed by atoms with E-state index in [-0.39, 0.29) is 11.8 Å². The second kappa shape index (κ2) is 8.91.